The number of nitrogens with zero attached hydrogens (tertiary/aromatic N) is 3. The molecule has 170 valence electrons. The number of unbranched alkanes of at least 4 members (excludes halogenated alkanes) is 1. The number of likely N-dealkylation sites (tertiary alicyclic amines) is 1. The zero-order chi connectivity index (χ0) is 22.3. The highest BCUT2D eigenvalue weighted by molar-refractivity contribution is 6.05. The summed E-state index contributed by atoms with van der Waals surface area (Å²) in [5, 5.41) is 41.1. The lowest BCUT2D eigenvalue weighted by Crippen LogP contribution is -2.42. The molecule has 5 atom stereocenters. The Labute approximate surface area is 174 Å². The number of hydrogen-bond donors (Lipinski definition) is 7. The number of aliphatic hydroxyl groups excluding tert-OH is 2. The molecule has 0 bridgehead atoms. The number of carboxylic acids is 2. The summed E-state index contributed by atoms with van der Waals surface area (Å²) in [5.41, 5.74) is 11.0. The van der Waals surface area contributed by atoms with Crippen LogP contribution in [0.4, 0.5) is 0 Å². The molecule has 12 nitrogen and oxygen atoms in total. The number of aliphatic imine (C=N–C) groups is 2. The molecule has 30 heavy (non-hydrogen) atoms. The zero-order valence-corrected chi connectivity index (χ0v) is 16.9. The average Bonchev–Trinajstić information content (AvgIpc) is 3.04. The van der Waals surface area contributed by atoms with E-state index in [4.69, 9.17) is 21.7 Å². The van der Waals surface area contributed by atoms with E-state index in [2.05, 4.69) is 15.3 Å². The van der Waals surface area contributed by atoms with Crippen molar-refractivity contribution < 1.29 is 30.0 Å². The van der Waals surface area contributed by atoms with Crippen LogP contribution in [0, 0.1) is 0 Å². The molecular formula is C18H32N6O6. The Morgan fingerprint density at radius 3 is 2.37 bits per heavy atom. The maximum absolute atomic E-state index is 10.8. The Kier molecular flexibility index (Phi) is 8.96. The van der Waals surface area contributed by atoms with Crippen molar-refractivity contribution in [1.82, 2.24) is 10.2 Å². The summed E-state index contributed by atoms with van der Waals surface area (Å²) < 4.78 is 0. The lowest BCUT2D eigenvalue weighted by atomic mass is 10.1. The van der Waals surface area contributed by atoms with Crippen molar-refractivity contribution in [3.63, 3.8) is 0 Å². The van der Waals surface area contributed by atoms with E-state index >= 15 is 0 Å². The van der Waals surface area contributed by atoms with E-state index in [9.17, 15) is 19.8 Å². The minimum Gasteiger partial charge on any atom is -0.480 e. The zero-order valence-electron chi connectivity index (χ0n) is 16.9. The third-order valence-electron chi connectivity index (χ3n) is 5.25. The summed E-state index contributed by atoms with van der Waals surface area (Å²) in [5.74, 6) is -0.996. The van der Waals surface area contributed by atoms with Crippen molar-refractivity contribution >= 4 is 23.7 Å². The number of nitrogens with one attached hydrogen (secondary N) is 1. The molecule has 1 fully saturated rings. The third-order valence-corrected chi connectivity index (χ3v) is 5.25. The van der Waals surface area contributed by atoms with Gasteiger partial charge in [0, 0.05) is 26.1 Å². The molecule has 2 aliphatic rings. The summed E-state index contributed by atoms with van der Waals surface area (Å²) in [7, 11) is 0. The highest BCUT2D eigenvalue weighted by Crippen LogP contribution is 2.19. The molecule has 1 saturated heterocycles. The van der Waals surface area contributed by atoms with E-state index in [1.54, 1.807) is 0 Å². The molecule has 2 unspecified atom stereocenters. The molecule has 0 radical (unpaired) electrons. The van der Waals surface area contributed by atoms with E-state index in [1.165, 1.54) is 0 Å². The Morgan fingerprint density at radius 1 is 1.10 bits per heavy atom. The second-order valence-electron chi connectivity index (χ2n) is 7.72. The second kappa shape index (κ2) is 11.2. The maximum Gasteiger partial charge on any atom is 0.320 e. The molecule has 0 aliphatic carbocycles. The predicted octanol–water partition coefficient (Wildman–Crippen LogP) is -2.09. The number of fused-ring (bicyclic) bond motifs is 1. The fourth-order valence-corrected chi connectivity index (χ4v) is 3.43. The highest BCUT2D eigenvalue weighted by Gasteiger charge is 2.37. The number of amidine groups is 1. The van der Waals surface area contributed by atoms with Gasteiger partial charge in [-0.2, -0.15) is 4.99 Å². The van der Waals surface area contributed by atoms with Crippen molar-refractivity contribution in [1.29, 1.82) is 0 Å². The largest absolute Gasteiger partial charge is 0.480 e. The van der Waals surface area contributed by atoms with Crippen molar-refractivity contribution in [2.24, 2.45) is 21.5 Å². The maximum atomic E-state index is 10.8. The predicted molar refractivity (Wildman–Crippen MR) is 109 cm³/mol. The molecule has 0 amide bonds. The Balaban J connectivity index is 1.95. The normalized spacial score (nSPS) is 27.1. The third kappa shape index (κ3) is 6.90. The quantitative estimate of drug-likeness (QED) is 0.141. The van der Waals surface area contributed by atoms with Crippen molar-refractivity contribution in [3.8, 4) is 0 Å². The van der Waals surface area contributed by atoms with Crippen LogP contribution < -0.4 is 16.8 Å². The summed E-state index contributed by atoms with van der Waals surface area (Å²) in [4.78, 5) is 32.3. The van der Waals surface area contributed by atoms with Crippen LogP contribution in [0.15, 0.2) is 9.98 Å². The Hall–Kier alpha value is -2.28. The van der Waals surface area contributed by atoms with Gasteiger partial charge in [-0.3, -0.25) is 14.6 Å². The van der Waals surface area contributed by atoms with Gasteiger partial charge in [0.15, 0.2) is 0 Å². The molecule has 12 heteroatoms. The molecule has 2 rings (SSSR count). The standard InChI is InChI=1S/C18H32N6O6/c19-10(16(27)28)4-1-2-7-24-9-14(26)13(25)8-12-15(24)23-18(22-12)21-6-3-5-11(20)17(29)30/h10-14,25-26H,1-9,19-20H2,(H,21,22)(H,27,28)(H,29,30)/t10?,11?,12-,13+,14+/m0/s1/i9+1. The highest BCUT2D eigenvalue weighted by atomic mass is 16.4. The topological polar surface area (TPSA) is 207 Å². The number of β-amino-alcohol motifs (C(OH)–C–C–N with tert-alkyl or cyclic N) is 1. The first-order valence-electron chi connectivity index (χ1n) is 10.2. The number of aliphatic hydroxyl groups is 2. The number of guanidine groups is 1. The molecular weight excluding hydrogens is 397 g/mol. The fourth-order valence-electron chi connectivity index (χ4n) is 3.43. The first kappa shape index (κ1) is 24.0. The van der Waals surface area contributed by atoms with Gasteiger partial charge in [0.2, 0.25) is 5.96 Å². The fraction of sp³-hybridized carbons (Fsp3) is 0.778. The van der Waals surface area contributed by atoms with Gasteiger partial charge in [-0.1, -0.05) is 0 Å². The number of carboxylic acid groups (broad SMARTS) is 2. The van der Waals surface area contributed by atoms with Gasteiger partial charge in [0.05, 0.1) is 18.2 Å². The molecule has 9 N–H and O–H groups in total. The Bertz CT molecular complexity index is 672. The lowest BCUT2D eigenvalue weighted by Gasteiger charge is -2.26. The molecule has 2 aliphatic heterocycles. The van der Waals surface area contributed by atoms with E-state index < -0.39 is 36.2 Å². The summed E-state index contributed by atoms with van der Waals surface area (Å²) in [6.07, 6.45) is 0.889. The van der Waals surface area contributed by atoms with Crippen LogP contribution in [0.3, 0.4) is 0 Å². The van der Waals surface area contributed by atoms with Gasteiger partial charge in [-0.15, -0.1) is 0 Å². The smallest absolute Gasteiger partial charge is 0.320 e. The van der Waals surface area contributed by atoms with Crippen LogP contribution in [0.25, 0.3) is 0 Å². The average molecular weight is 429 g/mol. The van der Waals surface area contributed by atoms with Gasteiger partial charge >= 0.3 is 11.9 Å². The summed E-state index contributed by atoms with van der Waals surface area (Å²) in [6.45, 7) is 1.11. The van der Waals surface area contributed by atoms with Crippen molar-refractivity contribution in [3.05, 3.63) is 0 Å². The number of aliphatic carboxylic acids is 2. The van der Waals surface area contributed by atoms with Crippen LogP contribution in [0.2, 0.25) is 0 Å². The number of nitrogens with two attached hydrogens (primary N) is 2. The lowest BCUT2D eigenvalue weighted by molar-refractivity contribution is -0.139. The van der Waals surface area contributed by atoms with Gasteiger partial charge in [0.1, 0.15) is 17.9 Å². The number of rotatable bonds is 11. The monoisotopic (exact) mass is 429 g/mol. The minimum atomic E-state index is -1.04. The molecule has 0 aromatic carbocycles. The number of carbonyl (C=O) groups is 2. The van der Waals surface area contributed by atoms with E-state index in [-0.39, 0.29) is 19.0 Å². The molecule has 0 spiro atoms. The molecule has 0 aromatic rings. The van der Waals surface area contributed by atoms with Crippen LogP contribution >= 0.6 is 0 Å². The van der Waals surface area contributed by atoms with Crippen LogP contribution in [0.5, 0.6) is 0 Å². The van der Waals surface area contributed by atoms with Crippen LogP contribution in [-0.2, 0) is 9.59 Å². The van der Waals surface area contributed by atoms with Crippen molar-refractivity contribution in [2.75, 3.05) is 19.6 Å². The molecule has 0 aromatic heterocycles. The summed E-state index contributed by atoms with van der Waals surface area (Å²) >= 11 is 0. The van der Waals surface area contributed by atoms with Crippen molar-refractivity contribution in [2.45, 2.75) is 68.9 Å². The first-order valence-corrected chi connectivity index (χ1v) is 10.2. The van der Waals surface area contributed by atoms with E-state index in [0.29, 0.717) is 57.0 Å². The summed E-state index contributed by atoms with van der Waals surface area (Å²) in [6, 6.07) is -2.10. The minimum absolute atomic E-state index is 0.212. The van der Waals surface area contributed by atoms with Gasteiger partial charge in [0.25, 0.3) is 0 Å². The van der Waals surface area contributed by atoms with Gasteiger partial charge in [-0.05, 0) is 32.1 Å². The van der Waals surface area contributed by atoms with E-state index in [0.717, 1.165) is 0 Å². The molecule has 0 saturated carbocycles. The number of hydrogen-bond acceptors (Lipinski definition) is 8. The second-order valence-corrected chi connectivity index (χ2v) is 7.72. The van der Waals surface area contributed by atoms with Crippen LogP contribution in [0.1, 0.15) is 38.5 Å². The van der Waals surface area contributed by atoms with Gasteiger partial charge in [-0.25, -0.2) is 0 Å². The van der Waals surface area contributed by atoms with Gasteiger partial charge < -0.3 is 42.1 Å². The molecule has 2 heterocycles. The van der Waals surface area contributed by atoms with Crippen LogP contribution in [-0.4, -0.2) is 99.0 Å². The Morgan fingerprint density at radius 2 is 1.73 bits per heavy atom. The first-order chi connectivity index (χ1) is 14.2. The SMILES string of the molecule is NC(CCCCN1[13CH2][C@@H](O)[C@H](O)C[C@@H]2NC(=NCCCC(N)C(=O)O)N=C21)C(=O)O. The van der Waals surface area contributed by atoms with E-state index in [1.807, 2.05) is 4.90 Å².